The Morgan fingerprint density at radius 3 is 2.48 bits per heavy atom. The molecule has 6 rings (SSSR count). The van der Waals surface area contributed by atoms with Gasteiger partial charge in [0.25, 0.3) is 5.91 Å². The topological polar surface area (TPSA) is 32.3 Å². The highest BCUT2D eigenvalue weighted by Gasteiger charge is 2.43. The minimum absolute atomic E-state index is 0.00982. The van der Waals surface area contributed by atoms with Gasteiger partial charge in [-0.1, -0.05) is 48.6 Å². The van der Waals surface area contributed by atoms with Gasteiger partial charge in [-0.05, 0) is 54.9 Å². The van der Waals surface area contributed by atoms with E-state index in [1.54, 1.807) is 0 Å². The maximum atomic E-state index is 13.1. The first-order valence-corrected chi connectivity index (χ1v) is 10.8. The summed E-state index contributed by atoms with van der Waals surface area (Å²) in [6.45, 7) is 4.27. The van der Waals surface area contributed by atoms with Crippen molar-refractivity contribution < 1.29 is 4.79 Å². The molecule has 1 N–H and O–H groups in total. The van der Waals surface area contributed by atoms with Gasteiger partial charge in [0.1, 0.15) is 0 Å². The summed E-state index contributed by atoms with van der Waals surface area (Å²) in [6.07, 6.45) is 11.8. The van der Waals surface area contributed by atoms with Crippen molar-refractivity contribution in [2.75, 3.05) is 23.3 Å². The van der Waals surface area contributed by atoms with Crippen LogP contribution in [0.3, 0.4) is 0 Å². The molecule has 0 fully saturated rings. The highest BCUT2D eigenvalue weighted by atomic mass is 16.1. The Morgan fingerprint density at radius 2 is 1.69 bits per heavy atom. The fourth-order valence-electron chi connectivity index (χ4n) is 6.01. The number of hydrogen-bond donors (Lipinski definition) is 1. The van der Waals surface area contributed by atoms with Crippen LogP contribution in [0.15, 0.2) is 60.7 Å². The van der Waals surface area contributed by atoms with Crippen molar-refractivity contribution in [3.05, 3.63) is 83.0 Å². The molecule has 1 amide bonds. The van der Waals surface area contributed by atoms with Gasteiger partial charge in [-0.3, -0.25) is 4.79 Å². The van der Waals surface area contributed by atoms with Gasteiger partial charge in [0, 0.05) is 47.4 Å². The quantitative estimate of drug-likeness (QED) is 0.705. The second-order valence-corrected chi connectivity index (χ2v) is 9.04. The lowest BCUT2D eigenvalue weighted by molar-refractivity contribution is 0.102. The molecule has 2 heterocycles. The van der Waals surface area contributed by atoms with E-state index < -0.39 is 0 Å². The first-order valence-electron chi connectivity index (χ1n) is 10.8. The number of carbonyl (C=O) groups is 1. The number of allylic oxidation sites excluding steroid dienone is 4. The summed E-state index contributed by atoms with van der Waals surface area (Å²) >= 11 is 0. The molecule has 146 valence electrons. The standard InChI is InChI=1S/C26H26N2O/c1-16-6-2-3-9-19(16)26(29)27-23-13-12-22-20-10-4-7-17(20)14-28-15-18-8-5-11-21(18)24(23)25(22)28/h2-6,9-13,17-18,20-21H,7-8,14-15H2,1H3,(H,27,29)/t17-,18-,20+,21+/m1/s1. The number of benzene rings is 2. The van der Waals surface area contributed by atoms with E-state index in [-0.39, 0.29) is 5.91 Å². The fraction of sp³-hybridized carbons (Fsp3) is 0.346. The van der Waals surface area contributed by atoms with E-state index in [4.69, 9.17) is 0 Å². The van der Waals surface area contributed by atoms with Gasteiger partial charge in [0.2, 0.25) is 0 Å². The van der Waals surface area contributed by atoms with E-state index in [0.29, 0.717) is 23.7 Å². The lowest BCUT2D eigenvalue weighted by Crippen LogP contribution is -2.44. The predicted octanol–water partition coefficient (Wildman–Crippen LogP) is 5.40. The van der Waals surface area contributed by atoms with E-state index in [9.17, 15) is 4.79 Å². The van der Waals surface area contributed by atoms with Crippen LogP contribution in [0.2, 0.25) is 0 Å². The largest absolute Gasteiger partial charge is 0.370 e. The van der Waals surface area contributed by atoms with Crippen LogP contribution in [0.5, 0.6) is 0 Å². The first kappa shape index (κ1) is 17.1. The zero-order valence-corrected chi connectivity index (χ0v) is 16.8. The summed E-state index contributed by atoms with van der Waals surface area (Å²) in [5.74, 6) is 2.26. The van der Waals surface area contributed by atoms with E-state index in [1.165, 1.54) is 23.2 Å². The van der Waals surface area contributed by atoms with Gasteiger partial charge < -0.3 is 10.2 Å². The van der Waals surface area contributed by atoms with Crippen molar-refractivity contribution in [2.45, 2.75) is 31.6 Å². The molecule has 0 bridgehead atoms. The zero-order valence-electron chi connectivity index (χ0n) is 16.8. The number of nitrogens with one attached hydrogen (secondary N) is 1. The number of rotatable bonds is 2. The predicted molar refractivity (Wildman–Crippen MR) is 118 cm³/mol. The van der Waals surface area contributed by atoms with Crippen molar-refractivity contribution in [1.29, 1.82) is 0 Å². The molecule has 3 nitrogen and oxygen atoms in total. The van der Waals surface area contributed by atoms with Crippen molar-refractivity contribution in [2.24, 2.45) is 11.8 Å². The van der Waals surface area contributed by atoms with Gasteiger partial charge >= 0.3 is 0 Å². The number of amides is 1. The lowest BCUT2D eigenvalue weighted by atomic mass is 9.74. The number of hydrogen-bond acceptors (Lipinski definition) is 2. The number of carbonyl (C=O) groups excluding carboxylic acids is 1. The highest BCUT2D eigenvalue weighted by molar-refractivity contribution is 6.06. The number of aryl methyl sites for hydroxylation is 1. The maximum absolute atomic E-state index is 13.1. The molecular formula is C26H26N2O. The number of fused-ring (bicyclic) bond motifs is 4. The third kappa shape index (κ3) is 2.53. The second-order valence-electron chi connectivity index (χ2n) is 9.04. The van der Waals surface area contributed by atoms with Gasteiger partial charge in [-0.2, -0.15) is 0 Å². The van der Waals surface area contributed by atoms with E-state index >= 15 is 0 Å². The summed E-state index contributed by atoms with van der Waals surface area (Å²) in [5.41, 5.74) is 6.95. The van der Waals surface area contributed by atoms with Crippen LogP contribution in [-0.4, -0.2) is 19.0 Å². The van der Waals surface area contributed by atoms with Crippen LogP contribution in [0.4, 0.5) is 11.4 Å². The Labute approximate surface area is 172 Å². The van der Waals surface area contributed by atoms with Crippen LogP contribution < -0.4 is 10.2 Å². The molecule has 29 heavy (non-hydrogen) atoms. The second kappa shape index (κ2) is 6.35. The van der Waals surface area contributed by atoms with Crippen LogP contribution in [-0.2, 0) is 0 Å². The van der Waals surface area contributed by atoms with Gasteiger partial charge in [-0.15, -0.1) is 0 Å². The van der Waals surface area contributed by atoms with Crippen LogP contribution in [0.25, 0.3) is 0 Å². The monoisotopic (exact) mass is 382 g/mol. The van der Waals surface area contributed by atoms with Crippen molar-refractivity contribution in [1.82, 2.24) is 0 Å². The molecule has 2 aliphatic heterocycles. The summed E-state index contributed by atoms with van der Waals surface area (Å²) in [7, 11) is 0. The summed E-state index contributed by atoms with van der Waals surface area (Å²) in [5, 5.41) is 3.28. The molecule has 0 aromatic heterocycles. The molecule has 0 spiro atoms. The van der Waals surface area contributed by atoms with Crippen molar-refractivity contribution in [3.8, 4) is 0 Å². The van der Waals surface area contributed by atoms with E-state index in [0.717, 1.165) is 36.3 Å². The summed E-state index contributed by atoms with van der Waals surface area (Å²) in [4.78, 5) is 15.7. The normalized spacial score (nSPS) is 28.1. The lowest BCUT2D eigenvalue weighted by Gasteiger charge is -2.46. The van der Waals surface area contributed by atoms with Crippen LogP contribution in [0.1, 0.15) is 51.7 Å². The molecular weight excluding hydrogens is 356 g/mol. The smallest absolute Gasteiger partial charge is 0.255 e. The summed E-state index contributed by atoms with van der Waals surface area (Å²) in [6, 6.07) is 12.2. The Morgan fingerprint density at radius 1 is 0.966 bits per heavy atom. The molecule has 2 aromatic carbocycles. The third-order valence-corrected chi connectivity index (χ3v) is 7.38. The van der Waals surface area contributed by atoms with Crippen LogP contribution in [0, 0.1) is 18.8 Å². The molecule has 0 radical (unpaired) electrons. The summed E-state index contributed by atoms with van der Waals surface area (Å²) < 4.78 is 0. The molecule has 2 aliphatic carbocycles. The van der Waals surface area contributed by atoms with Gasteiger partial charge in [0.15, 0.2) is 0 Å². The van der Waals surface area contributed by atoms with Gasteiger partial charge in [-0.25, -0.2) is 0 Å². The first-order chi connectivity index (χ1) is 14.2. The minimum Gasteiger partial charge on any atom is -0.370 e. The van der Waals surface area contributed by atoms with Crippen molar-refractivity contribution in [3.63, 3.8) is 0 Å². The molecule has 4 atom stereocenters. The molecule has 4 aliphatic rings. The Bertz CT molecular complexity index is 1060. The number of nitrogens with zero attached hydrogens (tertiary/aromatic N) is 1. The van der Waals surface area contributed by atoms with Gasteiger partial charge in [0.05, 0.1) is 0 Å². The Hall–Kier alpha value is -2.81. The maximum Gasteiger partial charge on any atom is 0.255 e. The molecule has 0 saturated carbocycles. The third-order valence-electron chi connectivity index (χ3n) is 7.38. The minimum atomic E-state index is -0.00982. The molecule has 0 unspecified atom stereocenters. The fourth-order valence-corrected chi connectivity index (χ4v) is 6.01. The van der Waals surface area contributed by atoms with E-state index in [2.05, 4.69) is 46.7 Å². The SMILES string of the molecule is Cc1ccccc1C(=O)Nc1ccc2c3c1[C@H]1C=CC[C@@H]1CN3C[C@H]1CC=C[C@H]21. The molecule has 0 saturated heterocycles. The zero-order chi connectivity index (χ0) is 19.5. The number of anilines is 2. The average Bonchev–Trinajstić information content (AvgIpc) is 3.38. The van der Waals surface area contributed by atoms with Crippen LogP contribution >= 0.6 is 0 Å². The van der Waals surface area contributed by atoms with Crippen molar-refractivity contribution >= 4 is 17.3 Å². The highest BCUT2D eigenvalue weighted by Crippen LogP contribution is 2.54. The Balaban J connectivity index is 1.47. The molecule has 3 heteroatoms. The average molecular weight is 383 g/mol. The molecule has 2 aromatic rings. The Kier molecular flexibility index (Phi) is 3.74. The van der Waals surface area contributed by atoms with E-state index in [1.807, 2.05) is 31.2 Å².